The van der Waals surface area contributed by atoms with Gasteiger partial charge in [-0.15, -0.1) is 0 Å². The highest BCUT2D eigenvalue weighted by Crippen LogP contribution is 2.31. The molecule has 0 radical (unpaired) electrons. The fourth-order valence-corrected chi connectivity index (χ4v) is 1.82. The van der Waals surface area contributed by atoms with Gasteiger partial charge in [0, 0.05) is 18.0 Å². The number of nitrogens with zero attached hydrogens (tertiary/aromatic N) is 2. The Morgan fingerprint density at radius 1 is 1.32 bits per heavy atom. The maximum atomic E-state index is 10.8. The molecule has 0 aliphatic carbocycles. The van der Waals surface area contributed by atoms with E-state index in [0.29, 0.717) is 17.3 Å². The number of ether oxygens (including phenoxy) is 2. The van der Waals surface area contributed by atoms with Gasteiger partial charge in [-0.25, -0.2) is 4.98 Å². The zero-order chi connectivity index (χ0) is 13.8. The molecule has 0 bridgehead atoms. The number of hydrogen-bond acceptors (Lipinski definition) is 4. The summed E-state index contributed by atoms with van der Waals surface area (Å²) in [7, 11) is 3.11. The second-order valence-corrected chi connectivity index (χ2v) is 3.84. The number of aliphatic carboxylic acids is 1. The number of benzene rings is 1. The Hall–Kier alpha value is -2.50. The number of carboxylic acids is 1. The highest BCUT2D eigenvalue weighted by atomic mass is 16.5. The van der Waals surface area contributed by atoms with Crippen molar-refractivity contribution >= 4 is 5.97 Å². The van der Waals surface area contributed by atoms with Crippen molar-refractivity contribution in [2.24, 2.45) is 0 Å². The van der Waals surface area contributed by atoms with E-state index >= 15 is 0 Å². The Bertz CT molecular complexity index is 592. The molecule has 2 aromatic rings. The molecule has 0 atom stereocenters. The normalized spacial score (nSPS) is 10.2. The minimum atomic E-state index is -0.917. The van der Waals surface area contributed by atoms with Gasteiger partial charge in [-0.1, -0.05) is 0 Å². The average Bonchev–Trinajstić information content (AvgIpc) is 2.85. The van der Waals surface area contributed by atoms with Crippen molar-refractivity contribution in [3.8, 4) is 22.9 Å². The molecule has 6 heteroatoms. The number of imidazole rings is 1. The lowest BCUT2D eigenvalue weighted by molar-refractivity contribution is -0.137. The molecule has 1 aromatic carbocycles. The first-order valence-electron chi connectivity index (χ1n) is 5.61. The van der Waals surface area contributed by atoms with E-state index in [2.05, 4.69) is 4.98 Å². The standard InChI is InChI=1S/C13H14N2O4/c1-18-10-4-3-9(7-11(10)19-2)13-14-5-6-15(13)8-12(16)17/h3-7H,8H2,1-2H3,(H,16,17). The van der Waals surface area contributed by atoms with Crippen LogP contribution in [0.2, 0.25) is 0 Å². The zero-order valence-electron chi connectivity index (χ0n) is 10.7. The van der Waals surface area contributed by atoms with Gasteiger partial charge in [0.2, 0.25) is 0 Å². The molecular formula is C13H14N2O4. The first kappa shape index (κ1) is 12.9. The van der Waals surface area contributed by atoms with E-state index in [0.717, 1.165) is 5.56 Å². The molecule has 1 heterocycles. The maximum absolute atomic E-state index is 10.8. The van der Waals surface area contributed by atoms with Crippen molar-refractivity contribution in [2.75, 3.05) is 14.2 Å². The van der Waals surface area contributed by atoms with Crippen molar-refractivity contribution in [3.63, 3.8) is 0 Å². The monoisotopic (exact) mass is 262 g/mol. The molecule has 0 spiro atoms. The van der Waals surface area contributed by atoms with Crippen LogP contribution < -0.4 is 9.47 Å². The molecule has 0 amide bonds. The summed E-state index contributed by atoms with van der Waals surface area (Å²) in [6.45, 7) is -0.135. The fraction of sp³-hybridized carbons (Fsp3) is 0.231. The topological polar surface area (TPSA) is 73.6 Å². The molecule has 19 heavy (non-hydrogen) atoms. The van der Waals surface area contributed by atoms with Crippen LogP contribution in [0, 0.1) is 0 Å². The summed E-state index contributed by atoms with van der Waals surface area (Å²) in [5, 5.41) is 8.85. The van der Waals surface area contributed by atoms with Crippen molar-refractivity contribution in [2.45, 2.75) is 6.54 Å². The smallest absolute Gasteiger partial charge is 0.323 e. The molecule has 0 aliphatic heterocycles. The summed E-state index contributed by atoms with van der Waals surface area (Å²) < 4.78 is 11.9. The van der Waals surface area contributed by atoms with E-state index in [9.17, 15) is 4.79 Å². The van der Waals surface area contributed by atoms with Crippen LogP contribution in [0.15, 0.2) is 30.6 Å². The largest absolute Gasteiger partial charge is 0.493 e. The highest BCUT2D eigenvalue weighted by molar-refractivity contribution is 5.68. The third-order valence-corrected chi connectivity index (χ3v) is 2.66. The number of rotatable bonds is 5. The quantitative estimate of drug-likeness (QED) is 0.886. The van der Waals surface area contributed by atoms with Gasteiger partial charge in [0.05, 0.1) is 14.2 Å². The molecule has 1 aromatic heterocycles. The molecule has 0 aliphatic rings. The Labute approximate surface area is 110 Å². The Morgan fingerprint density at radius 2 is 2.05 bits per heavy atom. The van der Waals surface area contributed by atoms with Crippen LogP contribution in [-0.4, -0.2) is 34.8 Å². The summed E-state index contributed by atoms with van der Waals surface area (Å²) in [6.07, 6.45) is 3.19. The van der Waals surface area contributed by atoms with E-state index in [1.807, 2.05) is 6.07 Å². The first-order chi connectivity index (χ1) is 9.15. The minimum Gasteiger partial charge on any atom is -0.493 e. The van der Waals surface area contributed by atoms with E-state index in [1.54, 1.807) is 43.3 Å². The molecule has 0 saturated heterocycles. The van der Waals surface area contributed by atoms with Gasteiger partial charge in [0.1, 0.15) is 12.4 Å². The summed E-state index contributed by atoms with van der Waals surface area (Å²) in [4.78, 5) is 15.0. The van der Waals surface area contributed by atoms with Crippen LogP contribution in [0.5, 0.6) is 11.5 Å². The molecular weight excluding hydrogens is 248 g/mol. The van der Waals surface area contributed by atoms with E-state index in [4.69, 9.17) is 14.6 Å². The zero-order valence-corrected chi connectivity index (χ0v) is 10.7. The molecule has 0 unspecified atom stereocenters. The number of methoxy groups -OCH3 is 2. The summed E-state index contributed by atoms with van der Waals surface area (Å²) in [5.41, 5.74) is 0.768. The molecule has 6 nitrogen and oxygen atoms in total. The van der Waals surface area contributed by atoms with E-state index in [1.165, 1.54) is 0 Å². The number of hydrogen-bond donors (Lipinski definition) is 1. The van der Waals surface area contributed by atoms with Crippen molar-refractivity contribution in [3.05, 3.63) is 30.6 Å². The van der Waals surface area contributed by atoms with Gasteiger partial charge in [-0.2, -0.15) is 0 Å². The maximum Gasteiger partial charge on any atom is 0.323 e. The molecule has 100 valence electrons. The van der Waals surface area contributed by atoms with Gasteiger partial charge in [0.15, 0.2) is 11.5 Å². The van der Waals surface area contributed by atoms with Gasteiger partial charge in [0.25, 0.3) is 0 Å². The van der Waals surface area contributed by atoms with Crippen LogP contribution in [0.4, 0.5) is 0 Å². The van der Waals surface area contributed by atoms with Crippen LogP contribution >= 0.6 is 0 Å². The van der Waals surface area contributed by atoms with Crippen LogP contribution in [0.25, 0.3) is 11.4 Å². The fourth-order valence-electron chi connectivity index (χ4n) is 1.82. The van der Waals surface area contributed by atoms with Gasteiger partial charge < -0.3 is 19.1 Å². The SMILES string of the molecule is COc1ccc(-c2nccn2CC(=O)O)cc1OC. The average molecular weight is 262 g/mol. The second-order valence-electron chi connectivity index (χ2n) is 3.84. The Morgan fingerprint density at radius 3 is 2.68 bits per heavy atom. The second kappa shape index (κ2) is 5.43. The molecule has 1 N–H and O–H groups in total. The lowest BCUT2D eigenvalue weighted by atomic mass is 10.2. The summed E-state index contributed by atoms with van der Waals surface area (Å²) in [6, 6.07) is 5.33. The Kier molecular flexibility index (Phi) is 3.70. The predicted molar refractivity (Wildman–Crippen MR) is 68.4 cm³/mol. The van der Waals surface area contributed by atoms with Gasteiger partial charge in [-0.05, 0) is 18.2 Å². The third kappa shape index (κ3) is 2.67. The van der Waals surface area contributed by atoms with Gasteiger partial charge in [-0.3, -0.25) is 4.79 Å². The van der Waals surface area contributed by atoms with Crippen molar-refractivity contribution in [1.29, 1.82) is 0 Å². The van der Waals surface area contributed by atoms with Crippen LogP contribution in [0.3, 0.4) is 0 Å². The lowest BCUT2D eigenvalue weighted by Gasteiger charge is -2.10. The summed E-state index contributed by atoms with van der Waals surface area (Å²) >= 11 is 0. The molecule has 0 saturated carbocycles. The lowest BCUT2D eigenvalue weighted by Crippen LogP contribution is -2.09. The molecule has 0 fully saturated rings. The number of carboxylic acid groups (broad SMARTS) is 1. The van der Waals surface area contributed by atoms with Crippen molar-refractivity contribution < 1.29 is 19.4 Å². The Balaban J connectivity index is 2.42. The predicted octanol–water partition coefficient (Wildman–Crippen LogP) is 1.65. The highest BCUT2D eigenvalue weighted by Gasteiger charge is 2.11. The molecule has 2 rings (SSSR count). The summed E-state index contributed by atoms with van der Waals surface area (Å²) in [5.74, 6) is 0.843. The van der Waals surface area contributed by atoms with Crippen LogP contribution in [-0.2, 0) is 11.3 Å². The van der Waals surface area contributed by atoms with E-state index < -0.39 is 5.97 Å². The first-order valence-corrected chi connectivity index (χ1v) is 5.61. The van der Waals surface area contributed by atoms with Crippen LogP contribution in [0.1, 0.15) is 0 Å². The number of aromatic nitrogens is 2. The minimum absolute atomic E-state index is 0.135. The van der Waals surface area contributed by atoms with Crippen molar-refractivity contribution in [1.82, 2.24) is 9.55 Å². The number of carbonyl (C=O) groups is 1. The van der Waals surface area contributed by atoms with Gasteiger partial charge >= 0.3 is 5.97 Å². The van der Waals surface area contributed by atoms with E-state index in [-0.39, 0.29) is 6.54 Å². The third-order valence-electron chi connectivity index (χ3n) is 2.66.